The third-order valence-electron chi connectivity index (χ3n) is 3.32. The molecule has 100 valence electrons. The Kier molecular flexibility index (Phi) is 4.00. The molecule has 0 saturated heterocycles. The van der Waals surface area contributed by atoms with E-state index >= 15 is 0 Å². The van der Waals surface area contributed by atoms with Gasteiger partial charge in [-0.25, -0.2) is 0 Å². The van der Waals surface area contributed by atoms with Crippen LogP contribution < -0.4 is 10.9 Å². The first-order chi connectivity index (χ1) is 9.15. The van der Waals surface area contributed by atoms with E-state index in [1.54, 1.807) is 6.07 Å². The van der Waals surface area contributed by atoms with Crippen LogP contribution in [-0.4, -0.2) is 16.9 Å². The van der Waals surface area contributed by atoms with Gasteiger partial charge in [0.2, 0.25) is 5.56 Å². The topological polar surface area (TPSA) is 62.0 Å². The van der Waals surface area contributed by atoms with Gasteiger partial charge in [-0.1, -0.05) is 32.0 Å². The summed E-state index contributed by atoms with van der Waals surface area (Å²) in [4.78, 5) is 26.6. The molecule has 1 aromatic carbocycles. The molecule has 0 fully saturated rings. The van der Waals surface area contributed by atoms with Crippen molar-refractivity contribution < 1.29 is 4.79 Å². The van der Waals surface area contributed by atoms with Crippen molar-refractivity contribution in [3.63, 3.8) is 0 Å². The Morgan fingerprint density at radius 1 is 1.26 bits per heavy atom. The molecule has 0 spiro atoms. The number of para-hydroxylation sites is 1. The highest BCUT2D eigenvalue weighted by Gasteiger charge is 2.14. The second kappa shape index (κ2) is 5.69. The third kappa shape index (κ3) is 2.84. The van der Waals surface area contributed by atoms with Gasteiger partial charge >= 0.3 is 0 Å². The number of hydrogen-bond donors (Lipinski definition) is 2. The average Bonchev–Trinajstić information content (AvgIpc) is 2.43. The molecule has 0 aliphatic carbocycles. The Morgan fingerprint density at radius 2 is 1.95 bits per heavy atom. The molecule has 4 nitrogen and oxygen atoms in total. The fourth-order valence-corrected chi connectivity index (χ4v) is 2.15. The van der Waals surface area contributed by atoms with E-state index in [1.807, 2.05) is 32.0 Å². The van der Waals surface area contributed by atoms with E-state index in [0.29, 0.717) is 11.1 Å². The van der Waals surface area contributed by atoms with Crippen LogP contribution in [0.4, 0.5) is 0 Å². The maximum Gasteiger partial charge on any atom is 0.252 e. The van der Waals surface area contributed by atoms with E-state index < -0.39 is 0 Å². The molecule has 0 atom stereocenters. The lowest BCUT2D eigenvalue weighted by Crippen LogP contribution is -2.34. The number of pyridine rings is 1. The predicted octanol–water partition coefficient (Wildman–Crippen LogP) is 2.45. The summed E-state index contributed by atoms with van der Waals surface area (Å²) >= 11 is 0. The minimum atomic E-state index is -0.256. The molecule has 2 N–H and O–H groups in total. The first-order valence-corrected chi connectivity index (χ1v) is 6.58. The van der Waals surface area contributed by atoms with Crippen molar-refractivity contribution in [3.8, 4) is 0 Å². The number of aromatic nitrogens is 1. The van der Waals surface area contributed by atoms with Crippen molar-refractivity contribution in [1.29, 1.82) is 0 Å². The summed E-state index contributed by atoms with van der Waals surface area (Å²) in [6, 6.07) is 8.83. The normalized spacial score (nSPS) is 10.9. The maximum absolute atomic E-state index is 12.3. The Morgan fingerprint density at radius 3 is 2.63 bits per heavy atom. The molecular formula is C15H18N2O2. The van der Waals surface area contributed by atoms with Crippen LogP contribution >= 0.6 is 0 Å². The Bertz CT molecular complexity index is 642. The number of hydrogen-bond acceptors (Lipinski definition) is 2. The van der Waals surface area contributed by atoms with Crippen molar-refractivity contribution in [2.75, 3.05) is 0 Å². The number of benzene rings is 1. The molecule has 1 amide bonds. The monoisotopic (exact) mass is 258 g/mol. The van der Waals surface area contributed by atoms with E-state index in [-0.39, 0.29) is 17.5 Å². The lowest BCUT2D eigenvalue weighted by Gasteiger charge is -2.15. The third-order valence-corrected chi connectivity index (χ3v) is 3.32. The lowest BCUT2D eigenvalue weighted by atomic mass is 10.1. The largest absolute Gasteiger partial charge is 0.349 e. The van der Waals surface area contributed by atoms with Crippen molar-refractivity contribution in [1.82, 2.24) is 10.3 Å². The molecule has 2 aromatic rings. The standard InChI is InChI=1S/C15H18N2O2/c1-3-10(4-2)16-15(19)12-9-14(18)17-13-8-6-5-7-11(12)13/h5-10H,3-4H2,1-2H3,(H,16,19)(H,17,18). The van der Waals surface area contributed by atoms with Gasteiger partial charge in [-0.05, 0) is 18.9 Å². The number of rotatable bonds is 4. The number of fused-ring (bicyclic) bond motifs is 1. The summed E-state index contributed by atoms with van der Waals surface area (Å²) in [7, 11) is 0. The first kappa shape index (κ1) is 13.3. The average molecular weight is 258 g/mol. The molecular weight excluding hydrogens is 240 g/mol. The fraction of sp³-hybridized carbons (Fsp3) is 0.333. The van der Waals surface area contributed by atoms with Crippen LogP contribution in [-0.2, 0) is 0 Å². The van der Waals surface area contributed by atoms with Crippen LogP contribution in [0.15, 0.2) is 35.1 Å². The van der Waals surface area contributed by atoms with E-state index in [2.05, 4.69) is 10.3 Å². The minimum absolute atomic E-state index is 0.144. The van der Waals surface area contributed by atoms with Gasteiger partial charge in [0, 0.05) is 23.0 Å². The predicted molar refractivity (Wildman–Crippen MR) is 76.4 cm³/mol. The summed E-state index contributed by atoms with van der Waals surface area (Å²) < 4.78 is 0. The number of H-pyrrole nitrogens is 1. The fourth-order valence-electron chi connectivity index (χ4n) is 2.15. The number of amides is 1. The quantitative estimate of drug-likeness (QED) is 0.884. The van der Waals surface area contributed by atoms with Crippen LogP contribution in [0.1, 0.15) is 37.0 Å². The highest BCUT2D eigenvalue weighted by atomic mass is 16.2. The molecule has 19 heavy (non-hydrogen) atoms. The van der Waals surface area contributed by atoms with Gasteiger partial charge in [0.1, 0.15) is 0 Å². The molecule has 0 radical (unpaired) electrons. The molecule has 0 aliphatic rings. The van der Waals surface area contributed by atoms with Gasteiger partial charge in [0.25, 0.3) is 5.91 Å². The number of carbonyl (C=O) groups is 1. The Labute approximate surface area is 111 Å². The van der Waals surface area contributed by atoms with Crippen LogP contribution in [0.25, 0.3) is 10.9 Å². The first-order valence-electron chi connectivity index (χ1n) is 6.58. The van der Waals surface area contributed by atoms with Crippen LogP contribution in [0.2, 0.25) is 0 Å². The van der Waals surface area contributed by atoms with E-state index in [4.69, 9.17) is 0 Å². The highest BCUT2D eigenvalue weighted by molar-refractivity contribution is 6.06. The number of aromatic amines is 1. The Balaban J connectivity index is 2.44. The zero-order valence-corrected chi connectivity index (χ0v) is 11.2. The number of carbonyl (C=O) groups excluding carboxylic acids is 1. The summed E-state index contributed by atoms with van der Waals surface area (Å²) in [6.45, 7) is 4.06. The zero-order valence-electron chi connectivity index (χ0n) is 11.2. The molecule has 0 saturated carbocycles. The molecule has 0 aliphatic heterocycles. The molecule has 1 heterocycles. The summed E-state index contributed by atoms with van der Waals surface area (Å²) in [6.07, 6.45) is 1.76. The van der Waals surface area contributed by atoms with E-state index in [0.717, 1.165) is 18.2 Å². The molecule has 0 bridgehead atoms. The zero-order chi connectivity index (χ0) is 13.8. The van der Waals surface area contributed by atoms with Crippen molar-refractivity contribution in [3.05, 3.63) is 46.2 Å². The van der Waals surface area contributed by atoms with Crippen molar-refractivity contribution >= 4 is 16.8 Å². The summed E-state index contributed by atoms with van der Waals surface area (Å²) in [5, 5.41) is 3.73. The second-order valence-electron chi connectivity index (χ2n) is 4.58. The number of nitrogens with one attached hydrogen (secondary N) is 2. The lowest BCUT2D eigenvalue weighted by molar-refractivity contribution is 0.0936. The van der Waals surface area contributed by atoms with Crippen LogP contribution in [0, 0.1) is 0 Å². The molecule has 4 heteroatoms. The van der Waals surface area contributed by atoms with Gasteiger partial charge in [-0.2, -0.15) is 0 Å². The van der Waals surface area contributed by atoms with Crippen LogP contribution in [0.5, 0.6) is 0 Å². The molecule has 1 aromatic heterocycles. The second-order valence-corrected chi connectivity index (χ2v) is 4.58. The Hall–Kier alpha value is -2.10. The van der Waals surface area contributed by atoms with Crippen molar-refractivity contribution in [2.24, 2.45) is 0 Å². The van der Waals surface area contributed by atoms with Crippen LogP contribution in [0.3, 0.4) is 0 Å². The van der Waals surface area contributed by atoms with Gasteiger partial charge in [-0.15, -0.1) is 0 Å². The maximum atomic E-state index is 12.3. The van der Waals surface area contributed by atoms with E-state index in [9.17, 15) is 9.59 Å². The smallest absolute Gasteiger partial charge is 0.252 e. The van der Waals surface area contributed by atoms with Gasteiger partial charge < -0.3 is 10.3 Å². The van der Waals surface area contributed by atoms with Gasteiger partial charge in [-0.3, -0.25) is 9.59 Å². The van der Waals surface area contributed by atoms with Gasteiger partial charge in [0.05, 0.1) is 5.56 Å². The minimum Gasteiger partial charge on any atom is -0.349 e. The summed E-state index contributed by atoms with van der Waals surface area (Å²) in [5.41, 5.74) is 0.865. The van der Waals surface area contributed by atoms with Crippen molar-refractivity contribution in [2.45, 2.75) is 32.7 Å². The van der Waals surface area contributed by atoms with Gasteiger partial charge in [0.15, 0.2) is 0 Å². The highest BCUT2D eigenvalue weighted by Crippen LogP contribution is 2.14. The van der Waals surface area contributed by atoms with E-state index in [1.165, 1.54) is 6.07 Å². The SMILES string of the molecule is CCC(CC)NC(=O)c1cc(=O)[nH]c2ccccc12. The molecule has 0 unspecified atom stereocenters. The summed E-state index contributed by atoms with van der Waals surface area (Å²) in [5.74, 6) is -0.184. The molecule has 2 rings (SSSR count).